The maximum Gasteiger partial charge on any atom is 0.120 e. The van der Waals surface area contributed by atoms with Gasteiger partial charge >= 0.3 is 0 Å². The van der Waals surface area contributed by atoms with Crippen molar-refractivity contribution >= 4 is 0 Å². The first-order valence-corrected chi connectivity index (χ1v) is 7.14. The molecule has 104 valence electrons. The number of aryl methyl sites for hydroxylation is 2. The summed E-state index contributed by atoms with van der Waals surface area (Å²) in [4.78, 5) is 4.18. The average molecular weight is 268 g/mol. The van der Waals surface area contributed by atoms with E-state index in [1.807, 2.05) is 25.4 Å². The highest BCUT2D eigenvalue weighted by atomic mass is 16.5. The maximum absolute atomic E-state index is 6.18. The molecule has 0 saturated heterocycles. The van der Waals surface area contributed by atoms with E-state index in [9.17, 15) is 0 Å². The molecule has 0 bridgehead atoms. The summed E-state index contributed by atoms with van der Waals surface area (Å²) in [5.74, 6) is 0.891. The maximum atomic E-state index is 6.18. The van der Waals surface area contributed by atoms with E-state index in [-0.39, 0.29) is 6.04 Å². The minimum atomic E-state index is 0.155. The Balaban J connectivity index is 1.73. The molecule has 0 saturated carbocycles. The minimum Gasteiger partial charge on any atom is -0.489 e. The number of hydrogen-bond acceptors (Lipinski definition) is 3. The molecule has 0 unspecified atom stereocenters. The third-order valence-corrected chi connectivity index (χ3v) is 3.82. The summed E-state index contributed by atoms with van der Waals surface area (Å²) in [5, 5.41) is 0. The fourth-order valence-corrected chi connectivity index (χ4v) is 2.77. The molecule has 3 nitrogen and oxygen atoms in total. The van der Waals surface area contributed by atoms with Crippen molar-refractivity contribution in [1.82, 2.24) is 4.98 Å². The van der Waals surface area contributed by atoms with Crippen LogP contribution in [0.15, 0.2) is 36.7 Å². The lowest BCUT2D eigenvalue weighted by atomic mass is 9.88. The molecule has 0 amide bonds. The van der Waals surface area contributed by atoms with Gasteiger partial charge in [-0.05, 0) is 61.1 Å². The highest BCUT2D eigenvalue weighted by molar-refractivity contribution is 5.39. The molecule has 1 atom stereocenters. The van der Waals surface area contributed by atoms with E-state index in [0.29, 0.717) is 6.61 Å². The Hall–Kier alpha value is -1.87. The second-order valence-electron chi connectivity index (χ2n) is 5.52. The van der Waals surface area contributed by atoms with Crippen molar-refractivity contribution < 1.29 is 4.74 Å². The Morgan fingerprint density at radius 3 is 3.05 bits per heavy atom. The fourth-order valence-electron chi connectivity index (χ4n) is 2.77. The molecular formula is C17H20N2O. The van der Waals surface area contributed by atoms with Gasteiger partial charge in [-0.3, -0.25) is 4.98 Å². The molecule has 2 aromatic rings. The molecule has 1 aromatic carbocycles. The normalized spacial score (nSPS) is 17.6. The van der Waals surface area contributed by atoms with Crippen molar-refractivity contribution in [2.75, 3.05) is 0 Å². The third-order valence-electron chi connectivity index (χ3n) is 3.82. The van der Waals surface area contributed by atoms with Crippen LogP contribution in [0.25, 0.3) is 0 Å². The van der Waals surface area contributed by atoms with Gasteiger partial charge in [0.1, 0.15) is 12.4 Å². The lowest BCUT2D eigenvalue weighted by Crippen LogP contribution is -2.17. The molecule has 2 N–H and O–H groups in total. The Bertz CT molecular complexity index is 610. The van der Waals surface area contributed by atoms with Crippen LogP contribution in [0, 0.1) is 6.92 Å². The average Bonchev–Trinajstić information content (AvgIpc) is 2.46. The van der Waals surface area contributed by atoms with Gasteiger partial charge in [0.25, 0.3) is 0 Å². The topological polar surface area (TPSA) is 48.1 Å². The first-order valence-electron chi connectivity index (χ1n) is 7.14. The first kappa shape index (κ1) is 13.1. The Morgan fingerprint density at radius 2 is 2.20 bits per heavy atom. The molecule has 20 heavy (non-hydrogen) atoms. The van der Waals surface area contributed by atoms with Crippen molar-refractivity contribution in [2.24, 2.45) is 5.73 Å². The molecule has 3 heteroatoms. The Labute approximate surface area is 119 Å². The van der Waals surface area contributed by atoms with Crippen LogP contribution in [-0.4, -0.2) is 4.98 Å². The predicted octanol–water partition coefficient (Wildman–Crippen LogP) is 3.31. The van der Waals surface area contributed by atoms with Gasteiger partial charge in [0.15, 0.2) is 0 Å². The van der Waals surface area contributed by atoms with Gasteiger partial charge in [-0.25, -0.2) is 0 Å². The molecule has 0 radical (unpaired) electrons. The van der Waals surface area contributed by atoms with Gasteiger partial charge in [0, 0.05) is 24.0 Å². The summed E-state index contributed by atoms with van der Waals surface area (Å²) in [7, 11) is 0. The number of ether oxygens (including phenoxy) is 1. The molecule has 0 spiro atoms. The van der Waals surface area contributed by atoms with E-state index >= 15 is 0 Å². The number of rotatable bonds is 3. The predicted molar refractivity (Wildman–Crippen MR) is 79.6 cm³/mol. The van der Waals surface area contributed by atoms with Crippen LogP contribution in [0.4, 0.5) is 0 Å². The standard InChI is InChI=1S/C17H20N2O/c1-12-7-13(10-19-9-12)11-20-15-6-5-14-3-2-4-17(18)16(14)8-15/h5-10,17H,2-4,11,18H2,1H3/t17-/m0/s1. The van der Waals surface area contributed by atoms with E-state index in [0.717, 1.165) is 29.7 Å². The van der Waals surface area contributed by atoms with Crippen molar-refractivity contribution in [2.45, 2.75) is 38.8 Å². The monoisotopic (exact) mass is 268 g/mol. The highest BCUT2D eigenvalue weighted by Crippen LogP contribution is 2.31. The van der Waals surface area contributed by atoms with Crippen LogP contribution < -0.4 is 10.5 Å². The number of aromatic nitrogens is 1. The third kappa shape index (κ3) is 2.83. The second kappa shape index (κ2) is 5.63. The van der Waals surface area contributed by atoms with E-state index < -0.39 is 0 Å². The van der Waals surface area contributed by atoms with Crippen LogP contribution in [-0.2, 0) is 13.0 Å². The highest BCUT2D eigenvalue weighted by Gasteiger charge is 2.17. The van der Waals surface area contributed by atoms with Gasteiger partial charge in [0.05, 0.1) is 0 Å². The first-order chi connectivity index (χ1) is 9.72. The summed E-state index contributed by atoms with van der Waals surface area (Å²) in [6, 6.07) is 8.54. The lowest BCUT2D eigenvalue weighted by Gasteiger charge is -2.22. The molecule has 1 aliphatic rings. The summed E-state index contributed by atoms with van der Waals surface area (Å²) in [6.45, 7) is 2.58. The van der Waals surface area contributed by atoms with Gasteiger partial charge in [0.2, 0.25) is 0 Å². The molecule has 0 fully saturated rings. The van der Waals surface area contributed by atoms with Gasteiger partial charge in [-0.15, -0.1) is 0 Å². The van der Waals surface area contributed by atoms with Crippen LogP contribution in [0.1, 0.15) is 41.1 Å². The zero-order chi connectivity index (χ0) is 13.9. The number of benzene rings is 1. The van der Waals surface area contributed by atoms with Gasteiger partial charge in [-0.2, -0.15) is 0 Å². The Kier molecular flexibility index (Phi) is 3.70. The van der Waals surface area contributed by atoms with Crippen molar-refractivity contribution in [3.63, 3.8) is 0 Å². The largest absolute Gasteiger partial charge is 0.489 e. The molecule has 1 heterocycles. The van der Waals surface area contributed by atoms with E-state index in [2.05, 4.69) is 23.2 Å². The number of nitrogens with two attached hydrogens (primary N) is 1. The summed E-state index contributed by atoms with van der Waals surface area (Å²) in [6.07, 6.45) is 7.07. The molecule has 1 aromatic heterocycles. The van der Waals surface area contributed by atoms with Crippen molar-refractivity contribution in [3.05, 3.63) is 58.9 Å². The number of nitrogens with zero attached hydrogens (tertiary/aromatic N) is 1. The van der Waals surface area contributed by atoms with Crippen molar-refractivity contribution in [1.29, 1.82) is 0 Å². The van der Waals surface area contributed by atoms with Crippen LogP contribution in [0.2, 0.25) is 0 Å². The second-order valence-corrected chi connectivity index (χ2v) is 5.52. The number of pyridine rings is 1. The van der Waals surface area contributed by atoms with Crippen molar-refractivity contribution in [3.8, 4) is 5.75 Å². The van der Waals surface area contributed by atoms with E-state index in [1.165, 1.54) is 17.5 Å². The quantitative estimate of drug-likeness (QED) is 0.929. The smallest absolute Gasteiger partial charge is 0.120 e. The summed E-state index contributed by atoms with van der Waals surface area (Å²) >= 11 is 0. The zero-order valence-electron chi connectivity index (χ0n) is 11.8. The molecule has 3 rings (SSSR count). The molecule has 0 aliphatic heterocycles. The van der Waals surface area contributed by atoms with Gasteiger partial charge in [-0.1, -0.05) is 6.07 Å². The summed E-state index contributed by atoms with van der Waals surface area (Å²) < 4.78 is 5.87. The minimum absolute atomic E-state index is 0.155. The van der Waals surface area contributed by atoms with E-state index in [1.54, 1.807) is 0 Å². The van der Waals surface area contributed by atoms with Crippen LogP contribution in [0.3, 0.4) is 0 Å². The lowest BCUT2D eigenvalue weighted by molar-refractivity contribution is 0.304. The zero-order valence-corrected chi connectivity index (χ0v) is 11.8. The fraction of sp³-hybridized carbons (Fsp3) is 0.353. The van der Waals surface area contributed by atoms with Gasteiger partial charge < -0.3 is 10.5 Å². The SMILES string of the molecule is Cc1cncc(COc2ccc3c(c2)[C@@H](N)CCC3)c1. The molecule has 1 aliphatic carbocycles. The van der Waals surface area contributed by atoms with Crippen LogP contribution in [0.5, 0.6) is 5.75 Å². The Morgan fingerprint density at radius 1 is 1.30 bits per heavy atom. The van der Waals surface area contributed by atoms with E-state index in [4.69, 9.17) is 10.5 Å². The summed E-state index contributed by atoms with van der Waals surface area (Å²) in [5.41, 5.74) is 11.0. The molecular weight excluding hydrogens is 248 g/mol. The number of fused-ring (bicyclic) bond motifs is 1. The van der Waals surface area contributed by atoms with Crippen LogP contribution >= 0.6 is 0 Å². The number of hydrogen-bond donors (Lipinski definition) is 1.